The molecule has 1 aromatic heterocycles. The van der Waals surface area contributed by atoms with Crippen LogP contribution in [0.5, 0.6) is 0 Å². The molecule has 1 aliphatic rings. The van der Waals surface area contributed by atoms with Crippen molar-refractivity contribution in [3.05, 3.63) is 75.6 Å². The minimum atomic E-state index is -0.446. The van der Waals surface area contributed by atoms with Crippen LogP contribution in [0.4, 0.5) is 5.69 Å². The summed E-state index contributed by atoms with van der Waals surface area (Å²) >= 11 is 0. The summed E-state index contributed by atoms with van der Waals surface area (Å²) in [5.41, 5.74) is 1.66. The molecule has 1 fully saturated rings. The zero-order valence-corrected chi connectivity index (χ0v) is 17.5. The van der Waals surface area contributed by atoms with Crippen LogP contribution in [0.15, 0.2) is 57.7 Å². The molecule has 1 amide bonds. The van der Waals surface area contributed by atoms with E-state index in [2.05, 4.69) is 5.32 Å². The van der Waals surface area contributed by atoms with Gasteiger partial charge in [-0.3, -0.25) is 14.4 Å². The number of hydrogen-bond acceptors (Lipinski definition) is 5. The summed E-state index contributed by atoms with van der Waals surface area (Å²) in [5, 5.41) is 3.17. The molecule has 0 atom stereocenters. The Morgan fingerprint density at radius 1 is 1.06 bits per heavy atom. The van der Waals surface area contributed by atoms with Gasteiger partial charge in [-0.15, -0.1) is 0 Å². The molecule has 160 valence electrons. The highest BCUT2D eigenvalue weighted by Crippen LogP contribution is 2.35. The lowest BCUT2D eigenvalue weighted by Crippen LogP contribution is -2.19. The van der Waals surface area contributed by atoms with Crippen LogP contribution in [0.1, 0.15) is 66.6 Å². The highest BCUT2D eigenvalue weighted by Gasteiger charge is 2.25. The highest BCUT2D eigenvalue weighted by molar-refractivity contribution is 6.05. The van der Waals surface area contributed by atoms with Crippen molar-refractivity contribution < 1.29 is 18.7 Å². The van der Waals surface area contributed by atoms with Gasteiger partial charge in [-0.1, -0.05) is 37.5 Å². The number of ether oxygens (including phenoxy) is 1. The lowest BCUT2D eigenvalue weighted by atomic mass is 9.85. The third-order valence-electron chi connectivity index (χ3n) is 5.71. The largest absolute Gasteiger partial charge is 0.461 e. The maximum atomic E-state index is 13.3. The van der Waals surface area contributed by atoms with E-state index < -0.39 is 5.97 Å². The third kappa shape index (κ3) is 4.68. The molecule has 0 bridgehead atoms. The van der Waals surface area contributed by atoms with Crippen LogP contribution in [-0.4, -0.2) is 11.9 Å². The predicted molar refractivity (Wildman–Crippen MR) is 118 cm³/mol. The Hall–Kier alpha value is -3.41. The number of carbonyl (C=O) groups excluding carboxylic acids is 2. The van der Waals surface area contributed by atoms with Gasteiger partial charge in [-0.2, -0.15) is 0 Å². The maximum absolute atomic E-state index is 13.3. The van der Waals surface area contributed by atoms with Gasteiger partial charge in [0.25, 0.3) is 5.91 Å². The quantitative estimate of drug-likeness (QED) is 0.578. The number of benzene rings is 2. The number of nitrogens with one attached hydrogen (secondary N) is 1. The van der Waals surface area contributed by atoms with Gasteiger partial charge in [-0.25, -0.2) is 0 Å². The Morgan fingerprint density at radius 3 is 2.52 bits per heavy atom. The summed E-state index contributed by atoms with van der Waals surface area (Å²) in [5.74, 6) is 0.0645. The Bertz CT molecular complexity index is 1160. The second kappa shape index (κ2) is 9.16. The zero-order chi connectivity index (χ0) is 21.8. The van der Waals surface area contributed by atoms with Gasteiger partial charge in [0.2, 0.25) is 0 Å². The molecule has 0 saturated heterocycles. The summed E-state index contributed by atoms with van der Waals surface area (Å²) in [4.78, 5) is 37.2. The van der Waals surface area contributed by atoms with Crippen molar-refractivity contribution in [2.24, 2.45) is 0 Å². The standard InChI is InChI=1S/C25H25NO5/c1-16(27)30-15-21-23(28)20-14-19(26-25(29)18-10-6-3-7-11-18)12-13-22(20)31-24(21)17-8-4-2-5-9-17/h3,6-7,10-14,17H,2,4-5,8-9,15H2,1H3,(H,26,29). The van der Waals surface area contributed by atoms with E-state index >= 15 is 0 Å². The average Bonchev–Trinajstić information content (AvgIpc) is 2.79. The fourth-order valence-corrected chi connectivity index (χ4v) is 4.13. The van der Waals surface area contributed by atoms with E-state index in [0.29, 0.717) is 33.5 Å². The molecule has 6 nitrogen and oxygen atoms in total. The zero-order valence-electron chi connectivity index (χ0n) is 17.5. The van der Waals surface area contributed by atoms with Crippen LogP contribution in [0.3, 0.4) is 0 Å². The molecule has 0 unspecified atom stereocenters. The topological polar surface area (TPSA) is 85.6 Å². The monoisotopic (exact) mass is 419 g/mol. The first-order valence-corrected chi connectivity index (χ1v) is 10.6. The smallest absolute Gasteiger partial charge is 0.302 e. The number of hydrogen-bond donors (Lipinski definition) is 1. The molecule has 0 aliphatic heterocycles. The molecule has 1 heterocycles. The van der Waals surface area contributed by atoms with Crippen molar-refractivity contribution >= 4 is 28.5 Å². The molecular weight excluding hydrogens is 394 g/mol. The van der Waals surface area contributed by atoms with E-state index in [0.717, 1.165) is 25.7 Å². The first-order chi connectivity index (χ1) is 15.0. The number of rotatable bonds is 5. The SMILES string of the molecule is CC(=O)OCc1c(C2CCCCC2)oc2ccc(NC(=O)c3ccccc3)cc2c1=O. The minimum Gasteiger partial charge on any atom is -0.461 e. The molecule has 31 heavy (non-hydrogen) atoms. The third-order valence-corrected chi connectivity index (χ3v) is 5.71. The summed E-state index contributed by atoms with van der Waals surface area (Å²) in [7, 11) is 0. The molecule has 1 saturated carbocycles. The van der Waals surface area contributed by atoms with Crippen LogP contribution >= 0.6 is 0 Å². The second-order valence-electron chi connectivity index (χ2n) is 7.92. The number of esters is 1. The molecular formula is C25H25NO5. The van der Waals surface area contributed by atoms with E-state index in [1.807, 2.05) is 6.07 Å². The summed E-state index contributed by atoms with van der Waals surface area (Å²) in [6, 6.07) is 13.9. The van der Waals surface area contributed by atoms with Gasteiger partial charge >= 0.3 is 5.97 Å². The Kier molecular flexibility index (Phi) is 6.16. The number of carbonyl (C=O) groups is 2. The van der Waals surface area contributed by atoms with Gasteiger partial charge < -0.3 is 14.5 Å². The molecule has 1 aliphatic carbocycles. The molecule has 2 aromatic carbocycles. The molecule has 0 radical (unpaired) electrons. The Labute approximate surface area is 180 Å². The Morgan fingerprint density at radius 2 is 1.81 bits per heavy atom. The van der Waals surface area contributed by atoms with Crippen LogP contribution in [0, 0.1) is 0 Å². The van der Waals surface area contributed by atoms with Crippen molar-refractivity contribution in [1.29, 1.82) is 0 Å². The van der Waals surface area contributed by atoms with Gasteiger partial charge in [0.05, 0.1) is 10.9 Å². The fourth-order valence-electron chi connectivity index (χ4n) is 4.13. The summed E-state index contributed by atoms with van der Waals surface area (Å²) < 4.78 is 11.4. The molecule has 3 aromatic rings. The van der Waals surface area contributed by atoms with Crippen molar-refractivity contribution in [1.82, 2.24) is 0 Å². The first kappa shape index (κ1) is 20.8. The van der Waals surface area contributed by atoms with Crippen molar-refractivity contribution in [3.63, 3.8) is 0 Å². The van der Waals surface area contributed by atoms with E-state index in [4.69, 9.17) is 9.15 Å². The first-order valence-electron chi connectivity index (χ1n) is 10.6. The van der Waals surface area contributed by atoms with E-state index in [1.54, 1.807) is 42.5 Å². The van der Waals surface area contributed by atoms with E-state index in [1.165, 1.54) is 13.3 Å². The lowest BCUT2D eigenvalue weighted by molar-refractivity contribution is -0.142. The Balaban J connectivity index is 1.72. The predicted octanol–water partition coefficient (Wildman–Crippen LogP) is 5.16. The maximum Gasteiger partial charge on any atom is 0.302 e. The van der Waals surface area contributed by atoms with Crippen LogP contribution in [-0.2, 0) is 16.1 Å². The van der Waals surface area contributed by atoms with Crippen molar-refractivity contribution in [2.45, 2.75) is 51.6 Å². The highest BCUT2D eigenvalue weighted by atomic mass is 16.5. The average molecular weight is 419 g/mol. The molecule has 6 heteroatoms. The number of fused-ring (bicyclic) bond motifs is 1. The van der Waals surface area contributed by atoms with Crippen molar-refractivity contribution in [3.8, 4) is 0 Å². The van der Waals surface area contributed by atoms with E-state index in [-0.39, 0.29) is 23.9 Å². The van der Waals surface area contributed by atoms with E-state index in [9.17, 15) is 14.4 Å². The normalized spacial score (nSPS) is 14.4. The van der Waals surface area contributed by atoms with Crippen LogP contribution < -0.4 is 10.7 Å². The number of anilines is 1. The fraction of sp³-hybridized carbons (Fsp3) is 0.320. The number of amides is 1. The molecule has 1 N–H and O–H groups in total. The van der Waals surface area contributed by atoms with Gasteiger partial charge in [0.1, 0.15) is 18.0 Å². The second-order valence-corrected chi connectivity index (χ2v) is 7.92. The van der Waals surface area contributed by atoms with Crippen LogP contribution in [0.25, 0.3) is 11.0 Å². The lowest BCUT2D eigenvalue weighted by Gasteiger charge is -2.23. The summed E-state index contributed by atoms with van der Waals surface area (Å²) in [6.45, 7) is 1.21. The minimum absolute atomic E-state index is 0.111. The van der Waals surface area contributed by atoms with Gasteiger partial charge in [-0.05, 0) is 43.2 Å². The molecule has 0 spiro atoms. The molecule has 4 rings (SSSR count). The van der Waals surface area contributed by atoms with Gasteiger partial charge in [0.15, 0.2) is 5.43 Å². The van der Waals surface area contributed by atoms with Crippen molar-refractivity contribution in [2.75, 3.05) is 5.32 Å². The summed E-state index contributed by atoms with van der Waals surface area (Å²) in [6.07, 6.45) is 5.26. The van der Waals surface area contributed by atoms with Crippen LogP contribution in [0.2, 0.25) is 0 Å². The van der Waals surface area contributed by atoms with Gasteiger partial charge in [0, 0.05) is 24.1 Å².